The lowest BCUT2D eigenvalue weighted by atomic mass is 10.3. The lowest BCUT2D eigenvalue weighted by Crippen LogP contribution is -2.22. The predicted octanol–water partition coefficient (Wildman–Crippen LogP) is -1.62. The summed E-state index contributed by atoms with van der Waals surface area (Å²) in [6.07, 6.45) is -2.41. The number of carboxylic acids is 1. The van der Waals surface area contributed by atoms with Crippen LogP contribution in [0.1, 0.15) is 13.8 Å². The van der Waals surface area contributed by atoms with Crippen molar-refractivity contribution < 1.29 is 30.0 Å². The molecule has 78 valence electrons. The molecule has 0 saturated carbocycles. The predicted molar refractivity (Wildman–Crippen MR) is 43.1 cm³/mol. The van der Waals surface area contributed by atoms with Gasteiger partial charge in [-0.2, -0.15) is 0 Å². The fourth-order valence-corrected chi connectivity index (χ4v) is 0.0781. The standard InChI is InChI=1S/C4H8O2.C3H6O4/c1-3(5)4(2)6;4-1-2(5)3(6)7/h3,5H,1-2H3;2,4-5H,1H2,(H,6,7). The quantitative estimate of drug-likeness (QED) is 0.429. The molecule has 4 N–H and O–H groups in total. The van der Waals surface area contributed by atoms with Gasteiger partial charge in [-0.05, 0) is 13.8 Å². The zero-order valence-corrected chi connectivity index (χ0v) is 7.47. The van der Waals surface area contributed by atoms with Gasteiger partial charge in [-0.15, -0.1) is 0 Å². The molecule has 0 aliphatic carbocycles. The van der Waals surface area contributed by atoms with Crippen molar-refractivity contribution in [3.8, 4) is 0 Å². The molecule has 0 radical (unpaired) electrons. The lowest BCUT2D eigenvalue weighted by molar-refractivity contribution is -0.148. The van der Waals surface area contributed by atoms with Gasteiger partial charge in [-0.1, -0.05) is 0 Å². The van der Waals surface area contributed by atoms with Crippen LogP contribution in [-0.2, 0) is 9.59 Å². The average molecular weight is 194 g/mol. The van der Waals surface area contributed by atoms with Gasteiger partial charge in [-0.3, -0.25) is 4.79 Å². The number of rotatable bonds is 3. The minimum Gasteiger partial charge on any atom is -0.479 e. The van der Waals surface area contributed by atoms with Gasteiger partial charge >= 0.3 is 5.97 Å². The van der Waals surface area contributed by atoms with Gasteiger partial charge < -0.3 is 20.4 Å². The van der Waals surface area contributed by atoms with Crippen molar-refractivity contribution in [3.05, 3.63) is 0 Å². The minimum absolute atomic E-state index is 0.185. The first kappa shape index (κ1) is 14.5. The summed E-state index contributed by atoms with van der Waals surface area (Å²) in [6.45, 7) is 2.07. The average Bonchev–Trinajstić information content (AvgIpc) is 2.03. The SMILES string of the molecule is CC(=O)C(C)O.O=C(O)C(O)CO. The molecule has 2 unspecified atom stereocenters. The van der Waals surface area contributed by atoms with E-state index in [1.54, 1.807) is 0 Å². The second kappa shape index (κ2) is 7.66. The molecular weight excluding hydrogens is 180 g/mol. The Balaban J connectivity index is 0. The van der Waals surface area contributed by atoms with E-state index in [4.69, 9.17) is 20.4 Å². The van der Waals surface area contributed by atoms with Gasteiger partial charge in [-0.25, -0.2) is 4.79 Å². The summed E-state index contributed by atoms with van der Waals surface area (Å²) in [5.74, 6) is -1.59. The van der Waals surface area contributed by atoms with E-state index in [1.165, 1.54) is 13.8 Å². The van der Waals surface area contributed by atoms with Gasteiger partial charge in [0.25, 0.3) is 0 Å². The normalized spacial score (nSPS) is 13.6. The molecule has 6 nitrogen and oxygen atoms in total. The van der Waals surface area contributed by atoms with Crippen molar-refractivity contribution in [3.63, 3.8) is 0 Å². The first-order valence-electron chi connectivity index (χ1n) is 3.53. The number of aliphatic hydroxyl groups is 3. The maximum atomic E-state index is 9.89. The molecule has 0 aliphatic heterocycles. The summed E-state index contributed by atoms with van der Waals surface area (Å²) in [7, 11) is 0. The lowest BCUT2D eigenvalue weighted by Gasteiger charge is -1.95. The van der Waals surface area contributed by atoms with Crippen LogP contribution in [0.2, 0.25) is 0 Å². The fourth-order valence-electron chi connectivity index (χ4n) is 0.0781. The molecule has 0 heterocycles. The Morgan fingerprint density at radius 1 is 1.31 bits per heavy atom. The Kier molecular flexibility index (Phi) is 8.56. The molecule has 0 bridgehead atoms. The van der Waals surface area contributed by atoms with Crippen molar-refractivity contribution in [2.75, 3.05) is 6.61 Å². The van der Waals surface area contributed by atoms with Crippen molar-refractivity contribution in [1.82, 2.24) is 0 Å². The molecule has 0 amide bonds. The van der Waals surface area contributed by atoms with E-state index in [0.717, 1.165) is 0 Å². The highest BCUT2D eigenvalue weighted by Gasteiger charge is 2.08. The number of aliphatic hydroxyl groups excluding tert-OH is 3. The number of carboxylic acid groups (broad SMARTS) is 1. The first-order chi connectivity index (χ1) is 5.82. The van der Waals surface area contributed by atoms with Crippen LogP contribution in [0.5, 0.6) is 0 Å². The van der Waals surface area contributed by atoms with E-state index in [2.05, 4.69) is 0 Å². The maximum Gasteiger partial charge on any atom is 0.334 e. The molecule has 0 aromatic carbocycles. The topological polar surface area (TPSA) is 115 Å². The van der Waals surface area contributed by atoms with Crippen LogP contribution < -0.4 is 0 Å². The number of hydrogen-bond donors (Lipinski definition) is 4. The van der Waals surface area contributed by atoms with Crippen molar-refractivity contribution in [2.24, 2.45) is 0 Å². The van der Waals surface area contributed by atoms with Crippen LogP contribution in [-0.4, -0.2) is 51.0 Å². The monoisotopic (exact) mass is 194 g/mol. The summed E-state index contributed by atoms with van der Waals surface area (Å²) < 4.78 is 0. The number of Topliss-reactive ketones (excluding diaryl/α,β-unsaturated/α-hetero) is 1. The molecule has 2 atom stereocenters. The first-order valence-corrected chi connectivity index (χ1v) is 3.53. The highest BCUT2D eigenvalue weighted by Crippen LogP contribution is 1.77. The Bertz CT molecular complexity index is 164. The summed E-state index contributed by atoms with van der Waals surface area (Å²) in [5, 5.41) is 32.0. The molecule has 6 heteroatoms. The Morgan fingerprint density at radius 2 is 1.62 bits per heavy atom. The summed E-state index contributed by atoms with van der Waals surface area (Å²) in [5.41, 5.74) is 0. The second-order valence-corrected chi connectivity index (χ2v) is 2.32. The van der Waals surface area contributed by atoms with E-state index < -0.39 is 24.8 Å². The van der Waals surface area contributed by atoms with Crippen molar-refractivity contribution >= 4 is 11.8 Å². The molecule has 13 heavy (non-hydrogen) atoms. The third kappa shape index (κ3) is 11.0. The second-order valence-electron chi connectivity index (χ2n) is 2.32. The Labute approximate surface area is 75.4 Å². The number of hydrogen-bond acceptors (Lipinski definition) is 5. The molecule has 0 fully saturated rings. The van der Waals surface area contributed by atoms with Crippen molar-refractivity contribution in [2.45, 2.75) is 26.1 Å². The van der Waals surface area contributed by atoms with Gasteiger partial charge in [0.05, 0.1) is 6.61 Å². The Morgan fingerprint density at radius 3 is 1.62 bits per heavy atom. The number of carbonyl (C=O) groups is 2. The number of ketones is 1. The van der Waals surface area contributed by atoms with E-state index >= 15 is 0 Å². The van der Waals surface area contributed by atoms with E-state index in [1.807, 2.05) is 0 Å². The number of carbonyl (C=O) groups excluding carboxylic acids is 1. The van der Waals surface area contributed by atoms with Gasteiger partial charge in [0, 0.05) is 0 Å². The minimum atomic E-state index is -1.63. The zero-order valence-electron chi connectivity index (χ0n) is 7.47. The van der Waals surface area contributed by atoms with Crippen LogP contribution in [0.3, 0.4) is 0 Å². The smallest absolute Gasteiger partial charge is 0.334 e. The third-order valence-corrected chi connectivity index (χ3v) is 1.05. The molecule has 0 rings (SSSR count). The molecule has 0 aromatic heterocycles. The van der Waals surface area contributed by atoms with Crippen LogP contribution >= 0.6 is 0 Å². The molecule has 0 saturated heterocycles. The largest absolute Gasteiger partial charge is 0.479 e. The highest BCUT2D eigenvalue weighted by molar-refractivity contribution is 5.79. The van der Waals surface area contributed by atoms with Gasteiger partial charge in [0.2, 0.25) is 0 Å². The number of aliphatic carboxylic acids is 1. The molecular formula is C7H14O6. The Hall–Kier alpha value is -0.980. The van der Waals surface area contributed by atoms with Crippen LogP contribution in [0, 0.1) is 0 Å². The van der Waals surface area contributed by atoms with E-state index in [9.17, 15) is 9.59 Å². The van der Waals surface area contributed by atoms with Crippen LogP contribution in [0.15, 0.2) is 0 Å². The maximum absolute atomic E-state index is 9.89. The summed E-state index contributed by atoms with van der Waals surface area (Å²) in [6, 6.07) is 0. The van der Waals surface area contributed by atoms with Crippen LogP contribution in [0.4, 0.5) is 0 Å². The van der Waals surface area contributed by atoms with E-state index in [-0.39, 0.29) is 5.78 Å². The highest BCUT2D eigenvalue weighted by atomic mass is 16.4. The van der Waals surface area contributed by atoms with Gasteiger partial charge in [0.15, 0.2) is 11.9 Å². The molecule has 0 spiro atoms. The van der Waals surface area contributed by atoms with E-state index in [0.29, 0.717) is 0 Å². The zero-order chi connectivity index (χ0) is 11.0. The van der Waals surface area contributed by atoms with Crippen LogP contribution in [0.25, 0.3) is 0 Å². The summed E-state index contributed by atoms with van der Waals surface area (Å²) >= 11 is 0. The fraction of sp³-hybridized carbons (Fsp3) is 0.714. The third-order valence-electron chi connectivity index (χ3n) is 1.05. The van der Waals surface area contributed by atoms with Gasteiger partial charge in [0.1, 0.15) is 6.10 Å². The van der Waals surface area contributed by atoms with Crippen molar-refractivity contribution in [1.29, 1.82) is 0 Å². The molecule has 0 aliphatic rings. The molecule has 0 aromatic rings. The summed E-state index contributed by atoms with van der Waals surface area (Å²) in [4.78, 5) is 19.4.